The normalized spacial score (nSPS) is 22.4. The number of carbonyl (C=O) groups excluding carboxylic acids is 2. The zero-order valence-electron chi connectivity index (χ0n) is 15.9. The van der Waals surface area contributed by atoms with E-state index >= 15 is 0 Å². The van der Waals surface area contributed by atoms with Crippen molar-refractivity contribution in [3.8, 4) is 5.75 Å². The molecule has 0 saturated carbocycles. The number of hydrogen-bond acceptors (Lipinski definition) is 4. The van der Waals surface area contributed by atoms with Gasteiger partial charge in [-0.1, -0.05) is 36.4 Å². The second-order valence-corrected chi connectivity index (χ2v) is 6.57. The summed E-state index contributed by atoms with van der Waals surface area (Å²) >= 11 is 0. The molecule has 0 N–H and O–H groups in total. The Morgan fingerprint density at radius 1 is 1.04 bits per heavy atom. The second-order valence-electron chi connectivity index (χ2n) is 6.57. The lowest BCUT2D eigenvalue weighted by molar-refractivity contribution is -0.165. The van der Waals surface area contributed by atoms with Gasteiger partial charge in [-0.25, -0.2) is 0 Å². The third kappa shape index (κ3) is 3.04. The summed E-state index contributed by atoms with van der Waals surface area (Å²) < 4.78 is 10.7. The van der Waals surface area contributed by atoms with Crippen LogP contribution < -0.4 is 9.64 Å². The molecule has 3 rings (SSSR count). The van der Waals surface area contributed by atoms with Crippen LogP contribution in [0.4, 0.5) is 5.69 Å². The lowest BCUT2D eigenvalue weighted by Gasteiger charge is -2.53. The van der Waals surface area contributed by atoms with Crippen LogP contribution in [0.3, 0.4) is 0 Å². The van der Waals surface area contributed by atoms with Crippen LogP contribution in [-0.2, 0) is 14.3 Å². The van der Waals surface area contributed by atoms with Crippen molar-refractivity contribution in [2.75, 3.05) is 19.1 Å². The first-order valence-electron chi connectivity index (χ1n) is 8.73. The van der Waals surface area contributed by atoms with Gasteiger partial charge in [0.1, 0.15) is 11.8 Å². The first kappa shape index (κ1) is 18.9. The average molecular weight is 365 g/mol. The molecule has 2 atom stereocenters. The number of Topliss-reactive ketones (excluding diaryl/α,β-unsaturated/α-hetero) is 1. The van der Waals surface area contributed by atoms with Gasteiger partial charge in [0.15, 0.2) is 5.78 Å². The summed E-state index contributed by atoms with van der Waals surface area (Å²) in [6.45, 7) is 3.31. The highest BCUT2D eigenvalue weighted by Gasteiger charge is 2.65. The van der Waals surface area contributed by atoms with Gasteiger partial charge in [0.25, 0.3) is 5.91 Å². The Bertz CT molecular complexity index is 873. The summed E-state index contributed by atoms with van der Waals surface area (Å²) in [5.41, 5.74) is 1.07. The fourth-order valence-corrected chi connectivity index (χ4v) is 3.64. The molecule has 0 spiro atoms. The Kier molecular flexibility index (Phi) is 5.15. The molecule has 2 aromatic carbocycles. The van der Waals surface area contributed by atoms with Crippen LogP contribution in [0, 0.1) is 0 Å². The molecule has 0 radical (unpaired) electrons. The van der Waals surface area contributed by atoms with Crippen LogP contribution in [0.5, 0.6) is 5.75 Å². The van der Waals surface area contributed by atoms with Gasteiger partial charge in [0.2, 0.25) is 5.60 Å². The topological polar surface area (TPSA) is 55.8 Å². The lowest BCUT2D eigenvalue weighted by atomic mass is 9.74. The molecule has 1 unspecified atom stereocenters. The third-order valence-electron chi connectivity index (χ3n) is 5.00. The molecule has 0 aliphatic carbocycles. The standard InChI is InChI=1S/C22H23NO4/c1-15(14-17-8-6-5-7-9-17)20-22(27-4,16(2)24)21(25)23(20)18-10-12-19(26-3)13-11-18/h5-14,20H,1-4H3/b15-14+/t20?,22-/m0/s1. The molecule has 1 aliphatic rings. The summed E-state index contributed by atoms with van der Waals surface area (Å²) in [5, 5.41) is 0. The summed E-state index contributed by atoms with van der Waals surface area (Å²) in [7, 11) is 3.00. The quantitative estimate of drug-likeness (QED) is 0.581. The minimum absolute atomic E-state index is 0.300. The molecule has 1 fully saturated rings. The molecule has 0 bridgehead atoms. The number of amides is 1. The van der Waals surface area contributed by atoms with Crippen molar-refractivity contribution in [3.63, 3.8) is 0 Å². The van der Waals surface area contributed by atoms with Crippen LogP contribution >= 0.6 is 0 Å². The highest BCUT2D eigenvalue weighted by Crippen LogP contribution is 2.43. The average Bonchev–Trinajstić information content (AvgIpc) is 2.67. The van der Waals surface area contributed by atoms with Crippen molar-refractivity contribution < 1.29 is 19.1 Å². The van der Waals surface area contributed by atoms with E-state index in [2.05, 4.69) is 0 Å². The molecule has 140 valence electrons. The number of ketones is 1. The third-order valence-corrected chi connectivity index (χ3v) is 5.00. The van der Waals surface area contributed by atoms with E-state index in [1.165, 1.54) is 14.0 Å². The number of rotatable bonds is 6. The molecule has 1 saturated heterocycles. The number of β-lactam (4-membered cyclic amide) rings is 1. The van der Waals surface area contributed by atoms with E-state index in [4.69, 9.17) is 9.47 Å². The van der Waals surface area contributed by atoms with Crippen LogP contribution in [0.2, 0.25) is 0 Å². The number of benzene rings is 2. The fraction of sp³-hybridized carbons (Fsp3) is 0.273. The molecule has 1 heterocycles. The Balaban J connectivity index is 2.05. The van der Waals surface area contributed by atoms with E-state index in [0.29, 0.717) is 11.4 Å². The summed E-state index contributed by atoms with van der Waals surface area (Å²) in [6, 6.07) is 16.5. The van der Waals surface area contributed by atoms with Gasteiger partial charge < -0.3 is 9.47 Å². The van der Waals surface area contributed by atoms with Crippen molar-refractivity contribution >= 4 is 23.5 Å². The smallest absolute Gasteiger partial charge is 0.270 e. The van der Waals surface area contributed by atoms with E-state index in [1.807, 2.05) is 43.3 Å². The van der Waals surface area contributed by atoms with E-state index in [0.717, 1.165) is 11.1 Å². The van der Waals surface area contributed by atoms with Crippen molar-refractivity contribution in [2.45, 2.75) is 25.5 Å². The SMILES string of the molecule is COc1ccc(N2C(=O)[C@](OC)(C(C)=O)C2/C(C)=C/c2ccccc2)cc1. The minimum atomic E-state index is -1.49. The molecule has 1 aliphatic heterocycles. The molecule has 1 amide bonds. The number of methoxy groups -OCH3 is 2. The highest BCUT2D eigenvalue weighted by molar-refractivity contribution is 6.23. The van der Waals surface area contributed by atoms with E-state index in [-0.39, 0.29) is 11.7 Å². The number of anilines is 1. The summed E-state index contributed by atoms with van der Waals surface area (Å²) in [6.07, 6.45) is 1.98. The van der Waals surface area contributed by atoms with E-state index in [1.54, 1.807) is 36.3 Å². The number of carbonyl (C=O) groups is 2. The molecule has 27 heavy (non-hydrogen) atoms. The molecule has 5 heteroatoms. The van der Waals surface area contributed by atoms with Gasteiger partial charge in [-0.15, -0.1) is 0 Å². The Morgan fingerprint density at radius 3 is 2.19 bits per heavy atom. The van der Waals surface area contributed by atoms with Gasteiger partial charge in [-0.05, 0) is 49.2 Å². The minimum Gasteiger partial charge on any atom is -0.497 e. The van der Waals surface area contributed by atoms with Gasteiger partial charge in [-0.2, -0.15) is 0 Å². The van der Waals surface area contributed by atoms with Gasteiger partial charge in [-0.3, -0.25) is 14.5 Å². The lowest BCUT2D eigenvalue weighted by Crippen LogP contribution is -2.78. The Labute approximate surface area is 159 Å². The first-order valence-corrected chi connectivity index (χ1v) is 8.73. The van der Waals surface area contributed by atoms with Crippen molar-refractivity contribution in [3.05, 3.63) is 65.7 Å². The second kappa shape index (κ2) is 7.37. The van der Waals surface area contributed by atoms with Crippen LogP contribution in [-0.4, -0.2) is 37.6 Å². The molecule has 5 nitrogen and oxygen atoms in total. The maximum Gasteiger partial charge on any atom is 0.270 e. The monoisotopic (exact) mass is 365 g/mol. The maximum absolute atomic E-state index is 13.0. The van der Waals surface area contributed by atoms with Crippen molar-refractivity contribution in [1.29, 1.82) is 0 Å². The molecule has 2 aromatic rings. The van der Waals surface area contributed by atoms with E-state index in [9.17, 15) is 9.59 Å². The van der Waals surface area contributed by atoms with Crippen molar-refractivity contribution in [1.82, 2.24) is 0 Å². The van der Waals surface area contributed by atoms with Gasteiger partial charge in [0.05, 0.1) is 7.11 Å². The summed E-state index contributed by atoms with van der Waals surface area (Å²) in [5.74, 6) is 0.0449. The number of ether oxygens (including phenoxy) is 2. The van der Waals surface area contributed by atoms with Gasteiger partial charge >= 0.3 is 0 Å². The highest BCUT2D eigenvalue weighted by atomic mass is 16.5. The molecular weight excluding hydrogens is 342 g/mol. The predicted octanol–water partition coefficient (Wildman–Crippen LogP) is 3.49. The van der Waals surface area contributed by atoms with Crippen LogP contribution in [0.25, 0.3) is 6.08 Å². The maximum atomic E-state index is 13.0. The molecular formula is C22H23NO4. The summed E-state index contributed by atoms with van der Waals surface area (Å²) in [4.78, 5) is 27.0. The molecule has 0 aromatic heterocycles. The fourth-order valence-electron chi connectivity index (χ4n) is 3.64. The predicted molar refractivity (Wildman–Crippen MR) is 105 cm³/mol. The first-order chi connectivity index (χ1) is 13.0. The van der Waals surface area contributed by atoms with Crippen LogP contribution in [0.1, 0.15) is 19.4 Å². The largest absolute Gasteiger partial charge is 0.497 e. The van der Waals surface area contributed by atoms with Crippen molar-refractivity contribution in [2.24, 2.45) is 0 Å². The Hall–Kier alpha value is -2.92. The van der Waals surface area contributed by atoms with Crippen LogP contribution in [0.15, 0.2) is 60.2 Å². The van der Waals surface area contributed by atoms with E-state index < -0.39 is 11.6 Å². The Morgan fingerprint density at radius 2 is 1.67 bits per heavy atom. The number of hydrogen-bond donors (Lipinski definition) is 0. The zero-order valence-corrected chi connectivity index (χ0v) is 15.9. The van der Waals surface area contributed by atoms with Gasteiger partial charge in [0, 0.05) is 12.8 Å². The number of nitrogens with zero attached hydrogens (tertiary/aromatic N) is 1. The zero-order chi connectivity index (χ0) is 19.6.